The Morgan fingerprint density at radius 2 is 1.78 bits per heavy atom. The number of ether oxygens (including phenoxy) is 2. The Hall–Kier alpha value is -0.660. The van der Waals surface area contributed by atoms with Crippen LogP contribution >= 0.6 is 0 Å². The minimum absolute atomic E-state index is 0.0262. The number of nitrogens with one attached hydrogen (secondary N) is 1. The molecule has 0 radical (unpaired) electrons. The first-order valence-corrected chi connectivity index (χ1v) is 7.54. The lowest BCUT2D eigenvalue weighted by atomic mass is 10.1. The molecule has 1 atom stereocenters. The molecule has 0 saturated heterocycles. The summed E-state index contributed by atoms with van der Waals surface area (Å²) < 4.78 is 35.6. The molecule has 0 heterocycles. The molecule has 0 aliphatic heterocycles. The molecule has 0 aliphatic carbocycles. The van der Waals surface area contributed by atoms with Crippen LogP contribution < -0.4 is 4.72 Å². The number of rotatable bonds is 8. The largest absolute Gasteiger partial charge is 0.468 e. The van der Waals surface area contributed by atoms with Gasteiger partial charge in [0.15, 0.2) is 0 Å². The molecule has 1 unspecified atom stereocenters. The fourth-order valence-electron chi connectivity index (χ4n) is 1.23. The van der Waals surface area contributed by atoms with E-state index >= 15 is 0 Å². The summed E-state index contributed by atoms with van der Waals surface area (Å²) in [6.07, 6.45) is -0.0262. The van der Waals surface area contributed by atoms with Crippen LogP contribution in [0, 0.1) is 5.92 Å². The first-order chi connectivity index (χ1) is 8.19. The van der Waals surface area contributed by atoms with Crippen molar-refractivity contribution in [1.29, 1.82) is 0 Å². The van der Waals surface area contributed by atoms with Crippen LogP contribution in [-0.2, 0) is 24.3 Å². The van der Waals surface area contributed by atoms with Gasteiger partial charge in [-0.3, -0.25) is 4.79 Å². The van der Waals surface area contributed by atoms with Crippen LogP contribution in [0.15, 0.2) is 0 Å². The molecule has 6 nitrogen and oxygen atoms in total. The summed E-state index contributed by atoms with van der Waals surface area (Å²) in [4.78, 5) is 11.4. The van der Waals surface area contributed by atoms with Crippen LogP contribution in [0.1, 0.15) is 27.7 Å². The van der Waals surface area contributed by atoms with Crippen molar-refractivity contribution in [2.24, 2.45) is 5.92 Å². The molecular weight excluding hydrogens is 258 g/mol. The SMILES string of the molecule is COC(=O)C(NS(=O)(=O)CCOC(C)C)C(C)C. The molecule has 0 aromatic heterocycles. The van der Waals surface area contributed by atoms with E-state index in [9.17, 15) is 13.2 Å². The third-order valence-electron chi connectivity index (χ3n) is 2.23. The number of methoxy groups -OCH3 is 1. The maximum Gasteiger partial charge on any atom is 0.324 e. The summed E-state index contributed by atoms with van der Waals surface area (Å²) in [5.74, 6) is -0.942. The summed E-state index contributed by atoms with van der Waals surface area (Å²) in [6, 6.07) is -0.862. The molecule has 0 aromatic carbocycles. The van der Waals surface area contributed by atoms with Crippen LogP contribution in [0.4, 0.5) is 0 Å². The van der Waals surface area contributed by atoms with E-state index in [2.05, 4.69) is 9.46 Å². The molecule has 0 rings (SSSR count). The molecule has 0 spiro atoms. The molecular formula is C11H23NO5S. The maximum absolute atomic E-state index is 11.7. The first kappa shape index (κ1) is 17.3. The van der Waals surface area contributed by atoms with Gasteiger partial charge in [-0.2, -0.15) is 0 Å². The van der Waals surface area contributed by atoms with Gasteiger partial charge >= 0.3 is 5.97 Å². The summed E-state index contributed by atoms with van der Waals surface area (Å²) in [6.45, 7) is 7.24. The van der Waals surface area contributed by atoms with Gasteiger partial charge < -0.3 is 9.47 Å². The Bertz CT molecular complexity index is 350. The van der Waals surface area contributed by atoms with Gasteiger partial charge in [0.2, 0.25) is 10.0 Å². The monoisotopic (exact) mass is 281 g/mol. The van der Waals surface area contributed by atoms with E-state index in [1.165, 1.54) is 7.11 Å². The van der Waals surface area contributed by atoms with E-state index in [1.807, 2.05) is 13.8 Å². The molecule has 0 bridgehead atoms. The lowest BCUT2D eigenvalue weighted by Crippen LogP contribution is -2.46. The van der Waals surface area contributed by atoms with E-state index in [1.54, 1.807) is 13.8 Å². The maximum atomic E-state index is 11.7. The second-order valence-corrected chi connectivity index (χ2v) is 6.47. The Morgan fingerprint density at radius 3 is 2.17 bits per heavy atom. The second-order valence-electron chi connectivity index (χ2n) is 4.60. The van der Waals surface area contributed by atoms with Crippen molar-refractivity contribution in [3.8, 4) is 0 Å². The third kappa shape index (κ3) is 6.93. The van der Waals surface area contributed by atoms with Crippen LogP contribution in [0.2, 0.25) is 0 Å². The lowest BCUT2D eigenvalue weighted by molar-refractivity contribution is -0.143. The fourth-order valence-corrected chi connectivity index (χ4v) is 2.42. The Balaban J connectivity index is 4.48. The molecule has 7 heteroatoms. The normalized spacial score (nSPS) is 13.9. The molecule has 18 heavy (non-hydrogen) atoms. The molecule has 1 N–H and O–H groups in total. The highest BCUT2D eigenvalue weighted by atomic mass is 32.2. The molecule has 108 valence electrons. The number of carbonyl (C=O) groups is 1. The topological polar surface area (TPSA) is 81.7 Å². The zero-order chi connectivity index (χ0) is 14.3. The van der Waals surface area contributed by atoms with Crippen molar-refractivity contribution < 1.29 is 22.7 Å². The van der Waals surface area contributed by atoms with Gasteiger partial charge in [-0.15, -0.1) is 0 Å². The van der Waals surface area contributed by atoms with Crippen LogP contribution in [0.5, 0.6) is 0 Å². The van der Waals surface area contributed by atoms with Gasteiger partial charge in [0.25, 0.3) is 0 Å². The summed E-state index contributed by atoms with van der Waals surface area (Å²) in [5, 5.41) is 0. The van der Waals surface area contributed by atoms with Crippen LogP contribution in [-0.4, -0.2) is 46.0 Å². The van der Waals surface area contributed by atoms with Gasteiger partial charge in [0.1, 0.15) is 6.04 Å². The van der Waals surface area contributed by atoms with Gasteiger partial charge in [-0.25, -0.2) is 13.1 Å². The summed E-state index contributed by atoms with van der Waals surface area (Å²) in [5.41, 5.74) is 0. The van der Waals surface area contributed by atoms with Crippen molar-refractivity contribution in [2.45, 2.75) is 39.8 Å². The van der Waals surface area contributed by atoms with Crippen molar-refractivity contribution >= 4 is 16.0 Å². The van der Waals surface area contributed by atoms with Gasteiger partial charge in [-0.1, -0.05) is 13.8 Å². The van der Waals surface area contributed by atoms with E-state index in [0.29, 0.717) is 0 Å². The van der Waals surface area contributed by atoms with Crippen molar-refractivity contribution in [1.82, 2.24) is 4.72 Å². The molecule has 0 fully saturated rings. The highest BCUT2D eigenvalue weighted by Gasteiger charge is 2.27. The standard InChI is InChI=1S/C11H23NO5S/c1-8(2)10(11(13)16-5)12-18(14,15)7-6-17-9(3)4/h8-10,12H,6-7H2,1-5H3. The predicted molar refractivity (Wildman–Crippen MR) is 68.7 cm³/mol. The van der Waals surface area contributed by atoms with Gasteiger partial charge in [-0.05, 0) is 19.8 Å². The zero-order valence-electron chi connectivity index (χ0n) is 11.6. The summed E-state index contributed by atoms with van der Waals surface area (Å²) in [7, 11) is -2.32. The van der Waals surface area contributed by atoms with E-state index in [0.717, 1.165) is 0 Å². The van der Waals surface area contributed by atoms with E-state index < -0.39 is 22.0 Å². The number of esters is 1. The highest BCUT2D eigenvalue weighted by Crippen LogP contribution is 2.05. The van der Waals surface area contributed by atoms with Crippen molar-refractivity contribution in [2.75, 3.05) is 19.5 Å². The van der Waals surface area contributed by atoms with Gasteiger partial charge in [0, 0.05) is 0 Å². The Labute approximate surface area is 109 Å². The van der Waals surface area contributed by atoms with E-state index in [-0.39, 0.29) is 24.4 Å². The molecule has 0 aliphatic rings. The fraction of sp³-hybridized carbons (Fsp3) is 0.909. The molecule has 0 aromatic rings. The average molecular weight is 281 g/mol. The highest BCUT2D eigenvalue weighted by molar-refractivity contribution is 7.89. The smallest absolute Gasteiger partial charge is 0.324 e. The quantitative estimate of drug-likeness (QED) is 0.656. The number of hydrogen-bond acceptors (Lipinski definition) is 5. The minimum Gasteiger partial charge on any atom is -0.468 e. The van der Waals surface area contributed by atoms with Crippen LogP contribution in [0.25, 0.3) is 0 Å². The predicted octanol–water partition coefficient (Wildman–Crippen LogP) is 0.528. The minimum atomic E-state index is -3.55. The zero-order valence-corrected chi connectivity index (χ0v) is 12.4. The van der Waals surface area contributed by atoms with Crippen LogP contribution in [0.3, 0.4) is 0 Å². The average Bonchev–Trinajstić information content (AvgIpc) is 2.23. The Kier molecular flexibility index (Phi) is 7.42. The second kappa shape index (κ2) is 7.70. The first-order valence-electron chi connectivity index (χ1n) is 5.89. The lowest BCUT2D eigenvalue weighted by Gasteiger charge is -2.19. The van der Waals surface area contributed by atoms with E-state index in [4.69, 9.17) is 4.74 Å². The molecule has 0 saturated carbocycles. The van der Waals surface area contributed by atoms with Crippen molar-refractivity contribution in [3.63, 3.8) is 0 Å². The number of hydrogen-bond donors (Lipinski definition) is 1. The number of carbonyl (C=O) groups excluding carboxylic acids is 1. The summed E-state index contributed by atoms with van der Waals surface area (Å²) >= 11 is 0. The van der Waals surface area contributed by atoms with Crippen molar-refractivity contribution in [3.05, 3.63) is 0 Å². The Morgan fingerprint density at radius 1 is 1.22 bits per heavy atom. The molecule has 0 amide bonds. The number of sulfonamides is 1. The van der Waals surface area contributed by atoms with Gasteiger partial charge in [0.05, 0.1) is 25.6 Å². The third-order valence-corrected chi connectivity index (χ3v) is 3.55.